The average Bonchev–Trinajstić information content (AvgIpc) is 1.99. The molecule has 1 N–H and O–H groups in total. The lowest BCUT2D eigenvalue weighted by Gasteiger charge is -2.04. The Balaban J connectivity index is 3.29. The smallest absolute Gasteiger partial charge is 0.149 e. The van der Waals surface area contributed by atoms with Gasteiger partial charge < -0.3 is 5.11 Å². The first-order chi connectivity index (χ1) is 5.16. The molecule has 0 radical (unpaired) electrons. The molecule has 1 aromatic carbocycles. The summed E-state index contributed by atoms with van der Waals surface area (Å²) in [5, 5.41) is 10.2. The molecule has 1 aromatic rings. The summed E-state index contributed by atoms with van der Waals surface area (Å²) in [6.07, 6.45) is 1.83. The highest BCUT2D eigenvalue weighted by molar-refractivity contribution is 7.98. The number of benzene rings is 1. The third kappa shape index (κ3) is 1.75. The van der Waals surface area contributed by atoms with Crippen molar-refractivity contribution in [1.82, 2.24) is 0 Å². The van der Waals surface area contributed by atoms with Crippen LogP contribution in [-0.4, -0.2) is 11.4 Å². The van der Waals surface area contributed by atoms with Crippen LogP contribution in [0.2, 0.25) is 10.0 Å². The standard InChI is InChI=1S/C7H6Cl2OS/c1-11-7-5(9)3-2-4(8)6(7)10/h2-3,10H,1H3. The van der Waals surface area contributed by atoms with Crippen molar-refractivity contribution in [1.29, 1.82) is 0 Å². The van der Waals surface area contributed by atoms with E-state index >= 15 is 0 Å². The van der Waals surface area contributed by atoms with Gasteiger partial charge in [0.2, 0.25) is 0 Å². The number of phenolic OH excluding ortho intramolecular Hbond substituents is 1. The topological polar surface area (TPSA) is 20.2 Å². The molecule has 0 bridgehead atoms. The van der Waals surface area contributed by atoms with E-state index in [1.165, 1.54) is 11.8 Å². The molecule has 0 fully saturated rings. The molecule has 0 spiro atoms. The molecule has 11 heavy (non-hydrogen) atoms. The number of rotatable bonds is 1. The number of hydrogen-bond acceptors (Lipinski definition) is 2. The molecule has 0 amide bonds. The van der Waals surface area contributed by atoms with Gasteiger partial charge in [-0.3, -0.25) is 0 Å². The van der Waals surface area contributed by atoms with Gasteiger partial charge in [-0.15, -0.1) is 11.8 Å². The van der Waals surface area contributed by atoms with E-state index in [0.29, 0.717) is 14.9 Å². The van der Waals surface area contributed by atoms with Crippen LogP contribution in [0, 0.1) is 0 Å². The zero-order valence-corrected chi connectivity index (χ0v) is 8.09. The summed E-state index contributed by atoms with van der Waals surface area (Å²) in [5.41, 5.74) is 0. The number of halogens is 2. The molecule has 0 saturated heterocycles. The summed E-state index contributed by atoms with van der Waals surface area (Å²) in [7, 11) is 0. The van der Waals surface area contributed by atoms with E-state index in [1.807, 2.05) is 6.26 Å². The van der Waals surface area contributed by atoms with Crippen molar-refractivity contribution in [3.63, 3.8) is 0 Å². The maximum atomic E-state index is 9.34. The van der Waals surface area contributed by atoms with Gasteiger partial charge in [0.15, 0.2) is 0 Å². The Morgan fingerprint density at radius 3 is 2.27 bits per heavy atom. The van der Waals surface area contributed by atoms with Gasteiger partial charge in [0.05, 0.1) is 14.9 Å². The van der Waals surface area contributed by atoms with E-state index in [9.17, 15) is 5.11 Å². The number of hydrogen-bond donors (Lipinski definition) is 1. The van der Waals surface area contributed by atoms with Gasteiger partial charge in [-0.2, -0.15) is 0 Å². The van der Waals surface area contributed by atoms with E-state index in [2.05, 4.69) is 0 Å². The van der Waals surface area contributed by atoms with Crippen LogP contribution >= 0.6 is 35.0 Å². The molecule has 4 heteroatoms. The SMILES string of the molecule is CSc1c(Cl)ccc(Cl)c1O. The van der Waals surface area contributed by atoms with Crippen molar-refractivity contribution in [3.05, 3.63) is 22.2 Å². The minimum Gasteiger partial charge on any atom is -0.505 e. The minimum absolute atomic E-state index is 0.0617. The van der Waals surface area contributed by atoms with Gasteiger partial charge in [0.25, 0.3) is 0 Å². The van der Waals surface area contributed by atoms with Crippen molar-refractivity contribution < 1.29 is 5.11 Å². The van der Waals surface area contributed by atoms with Crippen LogP contribution in [0.25, 0.3) is 0 Å². The lowest BCUT2D eigenvalue weighted by atomic mass is 10.3. The molecule has 0 aliphatic carbocycles. The molecule has 1 nitrogen and oxygen atoms in total. The summed E-state index contributed by atoms with van der Waals surface area (Å²) in [4.78, 5) is 0.624. The van der Waals surface area contributed by atoms with Gasteiger partial charge in [0, 0.05) is 0 Å². The fraction of sp³-hybridized carbons (Fsp3) is 0.143. The second kappa shape index (κ2) is 3.57. The third-order valence-electron chi connectivity index (χ3n) is 1.24. The first-order valence-electron chi connectivity index (χ1n) is 2.87. The molecule has 0 aliphatic heterocycles. The number of phenols is 1. The molecular formula is C7H6Cl2OS. The normalized spacial score (nSPS) is 10.1. The highest BCUT2D eigenvalue weighted by atomic mass is 35.5. The van der Waals surface area contributed by atoms with E-state index in [1.54, 1.807) is 12.1 Å². The fourth-order valence-electron chi connectivity index (χ4n) is 0.717. The first-order valence-corrected chi connectivity index (χ1v) is 4.86. The van der Waals surface area contributed by atoms with Crippen LogP contribution < -0.4 is 0 Å². The van der Waals surface area contributed by atoms with Crippen LogP contribution in [0.4, 0.5) is 0 Å². The lowest BCUT2D eigenvalue weighted by molar-refractivity contribution is 0.463. The Hall–Kier alpha value is -0.0500. The summed E-state index contributed by atoms with van der Waals surface area (Å²) < 4.78 is 0. The van der Waals surface area contributed by atoms with Crippen LogP contribution in [-0.2, 0) is 0 Å². The minimum atomic E-state index is 0.0617. The number of thioether (sulfide) groups is 1. The molecule has 0 unspecified atom stereocenters. The Labute approximate surface area is 79.3 Å². The van der Waals surface area contributed by atoms with Gasteiger partial charge in [-0.25, -0.2) is 0 Å². The van der Waals surface area contributed by atoms with Crippen molar-refractivity contribution in [2.45, 2.75) is 4.90 Å². The van der Waals surface area contributed by atoms with E-state index in [-0.39, 0.29) is 5.75 Å². The largest absolute Gasteiger partial charge is 0.505 e. The lowest BCUT2D eigenvalue weighted by Crippen LogP contribution is -1.76. The fourth-order valence-corrected chi connectivity index (χ4v) is 1.88. The van der Waals surface area contributed by atoms with Crippen molar-refractivity contribution in [2.24, 2.45) is 0 Å². The predicted molar refractivity (Wildman–Crippen MR) is 49.9 cm³/mol. The molecule has 1 rings (SSSR count). The summed E-state index contributed by atoms with van der Waals surface area (Å²) in [6, 6.07) is 3.23. The van der Waals surface area contributed by atoms with E-state index in [0.717, 1.165) is 0 Å². The Kier molecular flexibility index (Phi) is 2.93. The Morgan fingerprint density at radius 1 is 1.27 bits per heavy atom. The van der Waals surface area contributed by atoms with Crippen LogP contribution in [0.15, 0.2) is 17.0 Å². The second-order valence-corrected chi connectivity index (χ2v) is 3.54. The maximum absolute atomic E-state index is 9.34. The summed E-state index contributed by atoms with van der Waals surface area (Å²) in [5.74, 6) is 0.0617. The summed E-state index contributed by atoms with van der Waals surface area (Å²) >= 11 is 12.8. The van der Waals surface area contributed by atoms with Gasteiger partial charge >= 0.3 is 0 Å². The van der Waals surface area contributed by atoms with Gasteiger partial charge in [0.1, 0.15) is 5.75 Å². The quantitative estimate of drug-likeness (QED) is 0.715. The molecule has 0 heterocycles. The highest BCUT2D eigenvalue weighted by Crippen LogP contribution is 2.38. The van der Waals surface area contributed by atoms with Crippen LogP contribution in [0.3, 0.4) is 0 Å². The second-order valence-electron chi connectivity index (χ2n) is 1.91. The van der Waals surface area contributed by atoms with Crippen LogP contribution in [0.1, 0.15) is 0 Å². The molecule has 0 aliphatic rings. The molecular weight excluding hydrogens is 203 g/mol. The highest BCUT2D eigenvalue weighted by Gasteiger charge is 2.07. The number of aromatic hydroxyl groups is 1. The van der Waals surface area contributed by atoms with Crippen molar-refractivity contribution in [2.75, 3.05) is 6.26 Å². The molecule has 0 aromatic heterocycles. The van der Waals surface area contributed by atoms with E-state index in [4.69, 9.17) is 23.2 Å². The average molecular weight is 209 g/mol. The third-order valence-corrected chi connectivity index (χ3v) is 2.79. The molecule has 0 atom stereocenters. The zero-order chi connectivity index (χ0) is 8.43. The van der Waals surface area contributed by atoms with Gasteiger partial charge in [-0.05, 0) is 18.4 Å². The maximum Gasteiger partial charge on any atom is 0.149 e. The molecule has 0 saturated carbocycles. The molecule has 60 valence electrons. The summed E-state index contributed by atoms with van der Waals surface area (Å²) in [6.45, 7) is 0. The predicted octanol–water partition coefficient (Wildman–Crippen LogP) is 3.42. The monoisotopic (exact) mass is 208 g/mol. The van der Waals surface area contributed by atoms with Crippen LogP contribution in [0.5, 0.6) is 5.75 Å². The zero-order valence-electron chi connectivity index (χ0n) is 5.77. The Bertz CT molecular complexity index is 275. The van der Waals surface area contributed by atoms with Crippen molar-refractivity contribution in [3.8, 4) is 5.75 Å². The van der Waals surface area contributed by atoms with Gasteiger partial charge in [-0.1, -0.05) is 23.2 Å². The van der Waals surface area contributed by atoms with Crippen molar-refractivity contribution >= 4 is 35.0 Å². The van der Waals surface area contributed by atoms with E-state index < -0.39 is 0 Å². The Morgan fingerprint density at radius 2 is 1.82 bits per heavy atom. The first kappa shape index (κ1) is 9.04.